The van der Waals surface area contributed by atoms with Gasteiger partial charge in [-0.15, -0.1) is 0 Å². The first kappa shape index (κ1) is 54.1. The van der Waals surface area contributed by atoms with Crippen LogP contribution in [0, 0.1) is 0 Å². The Morgan fingerprint density at radius 2 is 0.667 bits per heavy atom. The normalized spacial score (nSPS) is 12.5. The van der Waals surface area contributed by atoms with Gasteiger partial charge in [0.25, 0.3) is 0 Å². The highest BCUT2D eigenvalue weighted by Crippen LogP contribution is 2.13. The molecule has 0 amide bonds. The average molecular weight is 797 g/mol. The first-order valence-electron chi connectivity index (χ1n) is 23.8. The molecule has 57 heavy (non-hydrogen) atoms. The third kappa shape index (κ3) is 44.1. The molecule has 6 heteroatoms. The highest BCUT2D eigenvalue weighted by Gasteiger charge is 2.19. The molecule has 1 unspecified atom stereocenters. The Labute approximate surface area is 351 Å². The molecule has 0 aromatic carbocycles. The first-order valence-corrected chi connectivity index (χ1v) is 23.8. The van der Waals surface area contributed by atoms with E-state index in [-0.39, 0.29) is 31.1 Å². The maximum absolute atomic E-state index is 12.7. The van der Waals surface area contributed by atoms with Crippen molar-refractivity contribution < 1.29 is 28.6 Å². The zero-order valence-corrected chi connectivity index (χ0v) is 37.3. The van der Waals surface area contributed by atoms with E-state index in [9.17, 15) is 14.4 Å². The van der Waals surface area contributed by atoms with Gasteiger partial charge in [0.2, 0.25) is 0 Å². The van der Waals surface area contributed by atoms with E-state index < -0.39 is 6.10 Å². The first-order chi connectivity index (χ1) is 28.0. The lowest BCUT2D eigenvalue weighted by Crippen LogP contribution is -2.30. The fraction of sp³-hybridized carbons (Fsp3) is 0.745. The van der Waals surface area contributed by atoms with E-state index in [0.29, 0.717) is 25.7 Å². The standard InChI is InChI=1S/C51H88O6/c1-4-7-10-13-16-19-21-23-24-25-26-27-28-30-32-35-38-41-44-50(53)56-47-48(46-55-49(52)43-40-37-34-31-18-15-12-9-6-3)57-51(54)45-42-39-36-33-29-22-20-17-14-11-8-5-2/h17,20-21,23-27,31,34,48H,4-16,18-19,22,28-30,32-33,35-47H2,1-3H3/b20-17-,23-21-,25-24-,27-26-,34-31-. The highest BCUT2D eigenvalue weighted by atomic mass is 16.6. The molecule has 0 spiro atoms. The Hall–Kier alpha value is -2.89. The number of hydrogen-bond acceptors (Lipinski definition) is 6. The monoisotopic (exact) mass is 797 g/mol. The van der Waals surface area contributed by atoms with Crippen molar-refractivity contribution in [3.8, 4) is 0 Å². The van der Waals surface area contributed by atoms with E-state index in [4.69, 9.17) is 14.2 Å². The number of rotatable bonds is 42. The summed E-state index contributed by atoms with van der Waals surface area (Å²) in [4.78, 5) is 37.7. The molecule has 0 bridgehead atoms. The van der Waals surface area contributed by atoms with Crippen LogP contribution in [0.4, 0.5) is 0 Å². The molecular weight excluding hydrogens is 709 g/mol. The maximum atomic E-state index is 12.7. The van der Waals surface area contributed by atoms with Gasteiger partial charge in [-0.05, 0) is 89.9 Å². The third-order valence-electron chi connectivity index (χ3n) is 10.0. The zero-order valence-electron chi connectivity index (χ0n) is 37.3. The summed E-state index contributed by atoms with van der Waals surface area (Å²) in [6.45, 7) is 6.50. The Balaban J connectivity index is 4.40. The molecular formula is C51H88O6. The van der Waals surface area contributed by atoms with Gasteiger partial charge in [0.15, 0.2) is 6.10 Å². The maximum Gasteiger partial charge on any atom is 0.306 e. The van der Waals surface area contributed by atoms with Crippen LogP contribution < -0.4 is 0 Å². The summed E-state index contributed by atoms with van der Waals surface area (Å²) in [7, 11) is 0. The predicted octanol–water partition coefficient (Wildman–Crippen LogP) is 15.3. The van der Waals surface area contributed by atoms with Gasteiger partial charge in [-0.3, -0.25) is 14.4 Å². The molecule has 0 aromatic heterocycles. The molecule has 0 saturated heterocycles. The fourth-order valence-corrected chi connectivity index (χ4v) is 6.38. The van der Waals surface area contributed by atoms with Crippen LogP contribution in [-0.2, 0) is 28.6 Å². The van der Waals surface area contributed by atoms with Crippen molar-refractivity contribution in [2.24, 2.45) is 0 Å². The predicted molar refractivity (Wildman–Crippen MR) is 242 cm³/mol. The van der Waals surface area contributed by atoms with Crippen molar-refractivity contribution in [2.75, 3.05) is 13.2 Å². The molecule has 0 N–H and O–H groups in total. The summed E-state index contributed by atoms with van der Waals surface area (Å²) in [6.07, 6.45) is 54.9. The molecule has 0 saturated carbocycles. The SMILES string of the molecule is CCCCC/C=C\CCCCCCCC(=O)OC(COC(=O)CCC/C=C\CCCCCC)COC(=O)CCCCCCC\C=C/C=C\C=C/CCCCCCC. The van der Waals surface area contributed by atoms with Gasteiger partial charge < -0.3 is 14.2 Å². The number of carbonyl (C=O) groups excluding carboxylic acids is 3. The molecule has 328 valence electrons. The number of carbonyl (C=O) groups is 3. The number of hydrogen-bond donors (Lipinski definition) is 0. The van der Waals surface area contributed by atoms with Crippen molar-refractivity contribution in [3.05, 3.63) is 60.8 Å². The third-order valence-corrected chi connectivity index (χ3v) is 10.0. The van der Waals surface area contributed by atoms with Crippen molar-refractivity contribution in [2.45, 2.75) is 232 Å². The summed E-state index contributed by atoms with van der Waals surface area (Å²) in [5.74, 6) is -0.963. The molecule has 0 aliphatic heterocycles. The molecule has 1 atom stereocenters. The van der Waals surface area contributed by atoms with Crippen LogP contribution in [0.1, 0.15) is 226 Å². The van der Waals surface area contributed by atoms with Crippen molar-refractivity contribution in [3.63, 3.8) is 0 Å². The van der Waals surface area contributed by atoms with Crippen molar-refractivity contribution in [1.82, 2.24) is 0 Å². The molecule has 0 rings (SSSR count). The van der Waals surface area contributed by atoms with Gasteiger partial charge >= 0.3 is 17.9 Å². The van der Waals surface area contributed by atoms with Crippen LogP contribution in [0.15, 0.2) is 60.8 Å². The van der Waals surface area contributed by atoms with E-state index in [1.54, 1.807) is 0 Å². The quantitative estimate of drug-likeness (QED) is 0.0201. The number of allylic oxidation sites excluding steroid dienone is 10. The van der Waals surface area contributed by atoms with Crippen LogP contribution in [0.3, 0.4) is 0 Å². The molecule has 0 aliphatic rings. The number of ether oxygens (including phenoxy) is 3. The van der Waals surface area contributed by atoms with Crippen LogP contribution in [0.5, 0.6) is 0 Å². The van der Waals surface area contributed by atoms with E-state index in [1.165, 1.54) is 96.3 Å². The van der Waals surface area contributed by atoms with Gasteiger partial charge in [0.1, 0.15) is 13.2 Å². The summed E-state index contributed by atoms with van der Waals surface area (Å²) in [5.41, 5.74) is 0. The van der Waals surface area contributed by atoms with Gasteiger partial charge in [-0.25, -0.2) is 0 Å². The van der Waals surface area contributed by atoms with Crippen LogP contribution in [0.25, 0.3) is 0 Å². The van der Waals surface area contributed by atoms with Crippen LogP contribution >= 0.6 is 0 Å². The minimum absolute atomic E-state index is 0.0970. The average Bonchev–Trinajstić information content (AvgIpc) is 3.21. The summed E-state index contributed by atoms with van der Waals surface area (Å²) in [6, 6.07) is 0. The largest absolute Gasteiger partial charge is 0.462 e. The second-order valence-electron chi connectivity index (χ2n) is 15.7. The van der Waals surface area contributed by atoms with Gasteiger partial charge in [0, 0.05) is 19.3 Å². The smallest absolute Gasteiger partial charge is 0.306 e. The Bertz CT molecular complexity index is 1050. The van der Waals surface area contributed by atoms with Gasteiger partial charge in [-0.2, -0.15) is 0 Å². The van der Waals surface area contributed by atoms with Crippen LogP contribution in [0.2, 0.25) is 0 Å². The minimum atomic E-state index is -0.795. The van der Waals surface area contributed by atoms with Gasteiger partial charge in [-0.1, -0.05) is 178 Å². The fourth-order valence-electron chi connectivity index (χ4n) is 6.38. The molecule has 0 fully saturated rings. The summed E-state index contributed by atoms with van der Waals surface area (Å²) in [5, 5.41) is 0. The molecule has 0 heterocycles. The van der Waals surface area contributed by atoms with E-state index >= 15 is 0 Å². The van der Waals surface area contributed by atoms with Gasteiger partial charge in [0.05, 0.1) is 0 Å². The van der Waals surface area contributed by atoms with E-state index in [2.05, 4.69) is 81.5 Å². The Kier molecular flexibility index (Phi) is 43.5. The number of unbranched alkanes of at least 4 members (excludes halogenated alkanes) is 23. The van der Waals surface area contributed by atoms with E-state index in [1.807, 2.05) is 0 Å². The minimum Gasteiger partial charge on any atom is -0.462 e. The zero-order chi connectivity index (χ0) is 41.5. The molecule has 0 radical (unpaired) electrons. The molecule has 0 aliphatic carbocycles. The lowest BCUT2D eigenvalue weighted by Gasteiger charge is -2.18. The topological polar surface area (TPSA) is 78.9 Å². The summed E-state index contributed by atoms with van der Waals surface area (Å²) < 4.78 is 16.6. The molecule has 0 aromatic rings. The molecule has 6 nitrogen and oxygen atoms in total. The van der Waals surface area contributed by atoms with Crippen molar-refractivity contribution in [1.29, 1.82) is 0 Å². The Morgan fingerprint density at radius 1 is 0.351 bits per heavy atom. The number of esters is 3. The van der Waals surface area contributed by atoms with E-state index in [0.717, 1.165) is 83.5 Å². The Morgan fingerprint density at radius 3 is 1.14 bits per heavy atom. The summed E-state index contributed by atoms with van der Waals surface area (Å²) >= 11 is 0. The second-order valence-corrected chi connectivity index (χ2v) is 15.7. The van der Waals surface area contributed by atoms with Crippen LogP contribution in [-0.4, -0.2) is 37.2 Å². The van der Waals surface area contributed by atoms with Crippen molar-refractivity contribution >= 4 is 17.9 Å². The lowest BCUT2D eigenvalue weighted by molar-refractivity contribution is -0.167. The second kappa shape index (κ2) is 45.8. The lowest BCUT2D eigenvalue weighted by atomic mass is 10.1. The highest BCUT2D eigenvalue weighted by molar-refractivity contribution is 5.71.